The van der Waals surface area contributed by atoms with Gasteiger partial charge in [-0.1, -0.05) is 0 Å². The molecule has 0 unspecified atom stereocenters. The first kappa shape index (κ1) is 17.4. The van der Waals surface area contributed by atoms with Crippen LogP contribution in [-0.2, 0) is 29.0 Å². The summed E-state index contributed by atoms with van der Waals surface area (Å²) in [6, 6.07) is -0.373. The van der Waals surface area contributed by atoms with E-state index >= 15 is 0 Å². The van der Waals surface area contributed by atoms with Crippen LogP contribution in [0.4, 0.5) is 0 Å². The van der Waals surface area contributed by atoms with Crippen molar-refractivity contribution >= 4 is 33.3 Å². The standard InChI is InChI=1S/C13H19N3O6S/c1-2-16(9-5-6-23(20,21)8-9)12(18)7-22-13(19)10-3-4-11(17)15-14-10/h9H,2-8H2,1H3,(H,15,17)/t9-/m1/s1. The van der Waals surface area contributed by atoms with Gasteiger partial charge < -0.3 is 9.64 Å². The molecule has 1 fully saturated rings. The van der Waals surface area contributed by atoms with E-state index in [-0.39, 0.29) is 42.0 Å². The van der Waals surface area contributed by atoms with Crippen molar-refractivity contribution in [1.82, 2.24) is 10.3 Å². The Morgan fingerprint density at radius 1 is 1.39 bits per heavy atom. The molecule has 1 saturated heterocycles. The van der Waals surface area contributed by atoms with Gasteiger partial charge in [0.1, 0.15) is 5.71 Å². The highest BCUT2D eigenvalue weighted by molar-refractivity contribution is 7.91. The third kappa shape index (κ3) is 4.50. The molecule has 0 aromatic carbocycles. The fourth-order valence-corrected chi connectivity index (χ4v) is 4.30. The molecule has 1 N–H and O–H groups in total. The highest BCUT2D eigenvalue weighted by atomic mass is 32.2. The quantitative estimate of drug-likeness (QED) is 0.627. The molecule has 2 aliphatic heterocycles. The van der Waals surface area contributed by atoms with E-state index in [2.05, 4.69) is 10.5 Å². The summed E-state index contributed by atoms with van der Waals surface area (Å²) in [7, 11) is -3.10. The van der Waals surface area contributed by atoms with E-state index in [9.17, 15) is 22.8 Å². The number of hydrogen-bond acceptors (Lipinski definition) is 7. The molecule has 0 aromatic heterocycles. The van der Waals surface area contributed by atoms with Gasteiger partial charge in [0.05, 0.1) is 11.5 Å². The lowest BCUT2D eigenvalue weighted by Gasteiger charge is -2.26. The molecule has 0 saturated carbocycles. The molecular weight excluding hydrogens is 326 g/mol. The zero-order valence-corrected chi connectivity index (χ0v) is 13.6. The van der Waals surface area contributed by atoms with Crippen LogP contribution in [0.1, 0.15) is 26.2 Å². The molecule has 10 heteroatoms. The van der Waals surface area contributed by atoms with E-state index in [0.29, 0.717) is 13.0 Å². The minimum atomic E-state index is -3.10. The van der Waals surface area contributed by atoms with Gasteiger partial charge in [0.15, 0.2) is 16.4 Å². The van der Waals surface area contributed by atoms with Crippen molar-refractivity contribution < 1.29 is 27.5 Å². The molecule has 0 aliphatic carbocycles. The zero-order chi connectivity index (χ0) is 17.0. The number of rotatable bonds is 5. The van der Waals surface area contributed by atoms with Crippen LogP contribution in [0, 0.1) is 0 Å². The average molecular weight is 345 g/mol. The first-order chi connectivity index (χ1) is 10.8. The Morgan fingerprint density at radius 2 is 2.13 bits per heavy atom. The summed E-state index contributed by atoms with van der Waals surface area (Å²) < 4.78 is 27.9. The summed E-state index contributed by atoms with van der Waals surface area (Å²) in [6.07, 6.45) is 0.703. The Kier molecular flexibility index (Phi) is 5.34. The lowest BCUT2D eigenvalue weighted by Crippen LogP contribution is -2.43. The number of hydrazone groups is 1. The molecule has 2 rings (SSSR count). The lowest BCUT2D eigenvalue weighted by molar-refractivity contribution is -0.148. The Bertz CT molecular complexity index is 642. The monoisotopic (exact) mass is 345 g/mol. The van der Waals surface area contributed by atoms with Gasteiger partial charge in [-0.2, -0.15) is 5.10 Å². The number of carbonyl (C=O) groups is 3. The van der Waals surface area contributed by atoms with Gasteiger partial charge in [0, 0.05) is 25.4 Å². The Labute approximate surface area is 134 Å². The van der Waals surface area contributed by atoms with Gasteiger partial charge in [-0.25, -0.2) is 18.6 Å². The molecule has 2 amide bonds. The molecule has 0 aromatic rings. The molecule has 2 aliphatic rings. The predicted octanol–water partition coefficient (Wildman–Crippen LogP) is -1.17. The van der Waals surface area contributed by atoms with Gasteiger partial charge >= 0.3 is 5.97 Å². The van der Waals surface area contributed by atoms with Gasteiger partial charge in [-0.15, -0.1) is 0 Å². The van der Waals surface area contributed by atoms with Crippen molar-refractivity contribution in [3.05, 3.63) is 0 Å². The molecule has 128 valence electrons. The number of amides is 2. The van der Waals surface area contributed by atoms with Crippen LogP contribution in [-0.4, -0.2) is 67.5 Å². The smallest absolute Gasteiger partial charge is 0.355 e. The third-order valence-corrected chi connectivity index (χ3v) is 5.53. The number of ether oxygens (including phenoxy) is 1. The van der Waals surface area contributed by atoms with E-state index in [1.165, 1.54) is 4.90 Å². The van der Waals surface area contributed by atoms with Crippen molar-refractivity contribution in [2.75, 3.05) is 24.7 Å². The average Bonchev–Trinajstić information content (AvgIpc) is 2.86. The largest absolute Gasteiger partial charge is 0.451 e. The van der Waals surface area contributed by atoms with E-state index in [4.69, 9.17) is 4.74 Å². The second-order valence-corrected chi connectivity index (χ2v) is 7.63. The van der Waals surface area contributed by atoms with E-state index in [1.807, 2.05) is 0 Å². The summed E-state index contributed by atoms with van der Waals surface area (Å²) >= 11 is 0. The van der Waals surface area contributed by atoms with Gasteiger partial charge in [-0.3, -0.25) is 9.59 Å². The van der Waals surface area contributed by atoms with Crippen LogP contribution in [0.3, 0.4) is 0 Å². The Morgan fingerprint density at radius 3 is 2.65 bits per heavy atom. The normalized spacial score (nSPS) is 22.9. The SMILES string of the molecule is CCN(C(=O)COC(=O)C1=NNC(=O)CC1)[C@@H]1CCS(=O)(=O)C1. The number of hydrogen-bond donors (Lipinski definition) is 1. The molecule has 0 radical (unpaired) electrons. The fourth-order valence-electron chi connectivity index (χ4n) is 2.57. The minimum Gasteiger partial charge on any atom is -0.451 e. The van der Waals surface area contributed by atoms with E-state index < -0.39 is 28.3 Å². The van der Waals surface area contributed by atoms with Gasteiger partial charge in [0.2, 0.25) is 5.91 Å². The molecule has 23 heavy (non-hydrogen) atoms. The van der Waals surface area contributed by atoms with E-state index in [1.54, 1.807) is 6.92 Å². The summed E-state index contributed by atoms with van der Waals surface area (Å²) in [5.41, 5.74) is 2.23. The minimum absolute atomic E-state index is 0.0563. The number of esters is 1. The second kappa shape index (κ2) is 7.07. The van der Waals surface area contributed by atoms with Crippen molar-refractivity contribution in [2.45, 2.75) is 32.2 Å². The van der Waals surface area contributed by atoms with Crippen LogP contribution in [0.15, 0.2) is 5.10 Å². The highest BCUT2D eigenvalue weighted by Crippen LogP contribution is 2.17. The maximum absolute atomic E-state index is 12.2. The first-order valence-electron chi connectivity index (χ1n) is 7.35. The highest BCUT2D eigenvalue weighted by Gasteiger charge is 2.34. The third-order valence-electron chi connectivity index (χ3n) is 3.78. The summed E-state index contributed by atoms with van der Waals surface area (Å²) in [4.78, 5) is 36.3. The van der Waals surface area contributed by atoms with E-state index in [0.717, 1.165) is 0 Å². The Balaban J connectivity index is 1.88. The maximum atomic E-state index is 12.2. The van der Waals surface area contributed by atoms with Crippen molar-refractivity contribution in [3.8, 4) is 0 Å². The first-order valence-corrected chi connectivity index (χ1v) is 9.17. The maximum Gasteiger partial charge on any atom is 0.355 e. The number of nitrogens with one attached hydrogen (secondary N) is 1. The molecule has 2 heterocycles. The van der Waals surface area contributed by atoms with Crippen molar-refractivity contribution in [2.24, 2.45) is 5.10 Å². The molecular formula is C13H19N3O6S. The lowest BCUT2D eigenvalue weighted by atomic mass is 10.2. The van der Waals surface area contributed by atoms with Crippen LogP contribution in [0.5, 0.6) is 0 Å². The van der Waals surface area contributed by atoms with Crippen LogP contribution >= 0.6 is 0 Å². The summed E-state index contributed by atoms with van der Waals surface area (Å²) in [5.74, 6) is -1.47. The second-order valence-electron chi connectivity index (χ2n) is 5.41. The van der Waals surface area contributed by atoms with Crippen LogP contribution < -0.4 is 5.43 Å². The summed E-state index contributed by atoms with van der Waals surface area (Å²) in [6.45, 7) is 1.61. The number of carbonyl (C=O) groups excluding carboxylic acids is 3. The topological polar surface area (TPSA) is 122 Å². The van der Waals surface area contributed by atoms with Crippen molar-refractivity contribution in [3.63, 3.8) is 0 Å². The molecule has 9 nitrogen and oxygen atoms in total. The van der Waals surface area contributed by atoms with Gasteiger partial charge in [0.25, 0.3) is 5.91 Å². The molecule has 0 bridgehead atoms. The number of nitrogens with zero attached hydrogens (tertiary/aromatic N) is 2. The molecule has 1 atom stereocenters. The Hall–Kier alpha value is -1.97. The zero-order valence-electron chi connectivity index (χ0n) is 12.8. The number of sulfone groups is 1. The fraction of sp³-hybridized carbons (Fsp3) is 0.692. The van der Waals surface area contributed by atoms with Crippen molar-refractivity contribution in [1.29, 1.82) is 0 Å². The van der Waals surface area contributed by atoms with Gasteiger partial charge in [-0.05, 0) is 13.3 Å². The summed E-state index contributed by atoms with van der Waals surface area (Å²) in [5, 5.41) is 3.59. The van der Waals surface area contributed by atoms with Crippen LogP contribution in [0.25, 0.3) is 0 Å². The molecule has 0 spiro atoms. The van der Waals surface area contributed by atoms with Crippen LogP contribution in [0.2, 0.25) is 0 Å². The predicted molar refractivity (Wildman–Crippen MR) is 80.2 cm³/mol. The number of likely N-dealkylation sites (N-methyl/N-ethyl adjacent to an activating group) is 1.